The van der Waals surface area contributed by atoms with Crippen LogP contribution in [-0.2, 0) is 15.7 Å². The number of fused-ring (bicyclic) bond motifs is 1. The van der Waals surface area contributed by atoms with Crippen LogP contribution in [0.2, 0.25) is 0 Å². The van der Waals surface area contributed by atoms with Crippen LogP contribution in [-0.4, -0.2) is 49.0 Å². The molecule has 9 heteroatoms. The van der Waals surface area contributed by atoms with E-state index in [1.807, 2.05) is 0 Å². The molecule has 1 saturated heterocycles. The van der Waals surface area contributed by atoms with Gasteiger partial charge in [0.15, 0.2) is 0 Å². The number of imidazole rings is 1. The van der Waals surface area contributed by atoms with Crippen LogP contribution < -0.4 is 5.01 Å². The normalized spacial score (nSPS) is 15.9. The second-order valence-electron chi connectivity index (χ2n) is 4.98. The summed E-state index contributed by atoms with van der Waals surface area (Å²) in [5, 5.41) is 1.48. The zero-order valence-electron chi connectivity index (χ0n) is 12.3. The van der Waals surface area contributed by atoms with Gasteiger partial charge in [0.05, 0.1) is 44.5 Å². The van der Waals surface area contributed by atoms with E-state index in [9.17, 15) is 18.0 Å². The van der Waals surface area contributed by atoms with Gasteiger partial charge in [-0.1, -0.05) is 6.07 Å². The van der Waals surface area contributed by atoms with Crippen molar-refractivity contribution in [2.24, 2.45) is 0 Å². The summed E-state index contributed by atoms with van der Waals surface area (Å²) in [6.07, 6.45) is -4.65. The Morgan fingerprint density at radius 2 is 2.00 bits per heavy atom. The molecule has 0 saturated carbocycles. The lowest BCUT2D eigenvalue weighted by Crippen LogP contribution is -2.45. The van der Waals surface area contributed by atoms with Gasteiger partial charge in [-0.2, -0.15) is 13.2 Å². The molecule has 1 fully saturated rings. The topological polar surface area (TPSA) is 56.6 Å². The van der Waals surface area contributed by atoms with E-state index in [0.717, 1.165) is 4.68 Å². The zero-order valence-corrected chi connectivity index (χ0v) is 12.3. The van der Waals surface area contributed by atoms with Crippen molar-refractivity contribution in [3.8, 4) is 0 Å². The van der Waals surface area contributed by atoms with Gasteiger partial charge in [0, 0.05) is 0 Å². The number of esters is 1. The van der Waals surface area contributed by atoms with Gasteiger partial charge < -0.3 is 14.5 Å². The average molecular weight is 329 g/mol. The fourth-order valence-corrected chi connectivity index (χ4v) is 2.60. The molecule has 1 aliphatic rings. The van der Waals surface area contributed by atoms with E-state index in [-0.39, 0.29) is 29.7 Å². The predicted octanol–water partition coefficient (Wildman–Crippen LogP) is 1.81. The third kappa shape index (κ3) is 2.72. The van der Waals surface area contributed by atoms with Crippen LogP contribution >= 0.6 is 0 Å². The number of nitrogens with zero attached hydrogens (tertiary/aromatic N) is 3. The van der Waals surface area contributed by atoms with E-state index in [4.69, 9.17) is 4.74 Å². The van der Waals surface area contributed by atoms with Crippen LogP contribution in [0.4, 0.5) is 13.2 Å². The molecule has 3 rings (SSSR count). The Morgan fingerprint density at radius 3 is 2.61 bits per heavy atom. The Balaban J connectivity index is 2.29. The van der Waals surface area contributed by atoms with Crippen molar-refractivity contribution in [2.75, 3.05) is 38.4 Å². The summed E-state index contributed by atoms with van der Waals surface area (Å²) in [5.74, 6) is -1.77. The standard InChI is InChI=1S/C14H14F3N3O3/c1-22-12(21)9-3-2-4-10-11(9)20(13(18-10)14(15,16)17)19-5-7-23-8-6-19/h2-4H,5-8H2,1H3. The van der Waals surface area contributed by atoms with Crippen LogP contribution in [0.3, 0.4) is 0 Å². The summed E-state index contributed by atoms with van der Waals surface area (Å²) in [6, 6.07) is 4.34. The monoisotopic (exact) mass is 329 g/mol. The Bertz CT molecular complexity index is 736. The van der Waals surface area contributed by atoms with E-state index in [2.05, 4.69) is 9.72 Å². The lowest BCUT2D eigenvalue weighted by Gasteiger charge is -2.31. The van der Waals surface area contributed by atoms with E-state index >= 15 is 0 Å². The van der Waals surface area contributed by atoms with Gasteiger partial charge in [-0.15, -0.1) is 0 Å². The SMILES string of the molecule is COC(=O)c1cccc2nc(C(F)(F)F)n(N3CCOCC3)c12. The van der Waals surface area contributed by atoms with Crippen molar-refractivity contribution in [3.05, 3.63) is 29.6 Å². The number of aromatic nitrogens is 2. The first-order valence-electron chi connectivity index (χ1n) is 6.93. The fourth-order valence-electron chi connectivity index (χ4n) is 2.60. The number of halogens is 3. The predicted molar refractivity (Wildman–Crippen MR) is 74.8 cm³/mol. The number of morpholine rings is 1. The number of benzene rings is 1. The van der Waals surface area contributed by atoms with Crippen LogP contribution in [0.1, 0.15) is 16.2 Å². The molecule has 0 bridgehead atoms. The van der Waals surface area contributed by atoms with Gasteiger partial charge >= 0.3 is 12.1 Å². The van der Waals surface area contributed by atoms with Gasteiger partial charge in [-0.3, -0.25) is 0 Å². The molecule has 0 radical (unpaired) electrons. The highest BCUT2D eigenvalue weighted by molar-refractivity contribution is 6.02. The maximum atomic E-state index is 13.4. The smallest absolute Gasteiger partial charge is 0.451 e. The molecular formula is C14H14F3N3O3. The Morgan fingerprint density at radius 1 is 1.30 bits per heavy atom. The molecular weight excluding hydrogens is 315 g/mol. The summed E-state index contributed by atoms with van der Waals surface area (Å²) >= 11 is 0. The van der Waals surface area contributed by atoms with Crippen molar-refractivity contribution >= 4 is 17.0 Å². The number of methoxy groups -OCH3 is 1. The van der Waals surface area contributed by atoms with Crippen LogP contribution in [0.25, 0.3) is 11.0 Å². The summed E-state index contributed by atoms with van der Waals surface area (Å²) in [6.45, 7) is 1.14. The zero-order chi connectivity index (χ0) is 16.6. The number of carbonyl (C=O) groups is 1. The molecule has 0 spiro atoms. The third-order valence-corrected chi connectivity index (χ3v) is 3.58. The third-order valence-electron chi connectivity index (χ3n) is 3.58. The van der Waals surface area contributed by atoms with E-state index in [0.29, 0.717) is 13.2 Å². The Kier molecular flexibility index (Phi) is 3.88. The second-order valence-corrected chi connectivity index (χ2v) is 4.98. The van der Waals surface area contributed by atoms with Crippen molar-refractivity contribution in [1.82, 2.24) is 9.66 Å². The molecule has 2 aromatic rings. The quantitative estimate of drug-likeness (QED) is 0.787. The molecule has 124 valence electrons. The van der Waals surface area contributed by atoms with Gasteiger partial charge in [-0.25, -0.2) is 14.5 Å². The minimum Gasteiger partial charge on any atom is -0.465 e. The molecule has 0 N–H and O–H groups in total. The average Bonchev–Trinajstić information content (AvgIpc) is 2.94. The number of carbonyl (C=O) groups excluding carboxylic acids is 1. The van der Waals surface area contributed by atoms with Crippen molar-refractivity contribution in [3.63, 3.8) is 0 Å². The molecule has 0 amide bonds. The maximum Gasteiger partial charge on any atom is 0.451 e. The van der Waals surface area contributed by atoms with Gasteiger partial charge in [0.1, 0.15) is 5.52 Å². The van der Waals surface area contributed by atoms with Crippen LogP contribution in [0.15, 0.2) is 18.2 Å². The molecule has 1 aromatic carbocycles. The maximum absolute atomic E-state index is 13.4. The minimum atomic E-state index is -4.65. The highest BCUT2D eigenvalue weighted by atomic mass is 19.4. The highest BCUT2D eigenvalue weighted by Gasteiger charge is 2.40. The molecule has 1 aromatic heterocycles. The number of hydrogen-bond donors (Lipinski definition) is 0. The Labute approximate surface area is 129 Å². The summed E-state index contributed by atoms with van der Waals surface area (Å²) in [5.41, 5.74) is 0.222. The summed E-state index contributed by atoms with van der Waals surface area (Å²) < 4.78 is 51.0. The van der Waals surface area contributed by atoms with Crippen LogP contribution in [0.5, 0.6) is 0 Å². The first-order valence-corrected chi connectivity index (χ1v) is 6.93. The molecule has 2 heterocycles. The number of hydrogen-bond acceptors (Lipinski definition) is 5. The molecule has 6 nitrogen and oxygen atoms in total. The summed E-state index contributed by atoms with van der Waals surface area (Å²) in [7, 11) is 1.18. The lowest BCUT2D eigenvalue weighted by atomic mass is 10.2. The van der Waals surface area contributed by atoms with E-state index < -0.39 is 18.0 Å². The molecule has 0 aliphatic carbocycles. The van der Waals surface area contributed by atoms with Gasteiger partial charge in [-0.05, 0) is 12.1 Å². The van der Waals surface area contributed by atoms with Crippen molar-refractivity contribution in [1.29, 1.82) is 0 Å². The summed E-state index contributed by atoms with van der Waals surface area (Å²) in [4.78, 5) is 15.6. The number of rotatable bonds is 2. The van der Waals surface area contributed by atoms with Gasteiger partial charge in [0.2, 0.25) is 5.82 Å². The molecule has 0 atom stereocenters. The fraction of sp³-hybridized carbons (Fsp3) is 0.429. The number of ether oxygens (including phenoxy) is 2. The van der Waals surface area contributed by atoms with Crippen molar-refractivity contribution < 1.29 is 27.4 Å². The number of para-hydroxylation sites is 1. The van der Waals surface area contributed by atoms with E-state index in [1.54, 1.807) is 0 Å². The molecule has 1 aliphatic heterocycles. The minimum absolute atomic E-state index is 0.0412. The molecule has 23 heavy (non-hydrogen) atoms. The number of alkyl halides is 3. The van der Waals surface area contributed by atoms with Gasteiger partial charge in [0.25, 0.3) is 0 Å². The molecule has 0 unspecified atom stereocenters. The largest absolute Gasteiger partial charge is 0.465 e. The van der Waals surface area contributed by atoms with Crippen LogP contribution in [0, 0.1) is 0 Å². The first-order chi connectivity index (χ1) is 10.9. The van der Waals surface area contributed by atoms with E-state index in [1.165, 1.54) is 30.3 Å². The second kappa shape index (κ2) is 5.73. The highest BCUT2D eigenvalue weighted by Crippen LogP contribution is 2.33. The van der Waals surface area contributed by atoms with Crippen molar-refractivity contribution in [2.45, 2.75) is 6.18 Å². The lowest BCUT2D eigenvalue weighted by molar-refractivity contribution is -0.147. The first kappa shape index (κ1) is 15.6. The Hall–Kier alpha value is -2.29.